The van der Waals surface area contributed by atoms with Gasteiger partial charge >= 0.3 is 6.09 Å². The maximum absolute atomic E-state index is 13.1. The summed E-state index contributed by atoms with van der Waals surface area (Å²) in [6.45, 7) is 6.83. The molecule has 2 heterocycles. The highest BCUT2D eigenvalue weighted by Gasteiger charge is 2.27. The molecule has 0 spiro atoms. The van der Waals surface area contributed by atoms with E-state index < -0.39 is 11.5 Å². The number of aromatic nitrogens is 2. The second-order valence-corrected chi connectivity index (χ2v) is 6.96. The van der Waals surface area contributed by atoms with Crippen LogP contribution in [0.25, 0.3) is 0 Å². The zero-order valence-electron chi connectivity index (χ0n) is 13.1. The van der Waals surface area contributed by atoms with Gasteiger partial charge < -0.3 is 9.64 Å². The molecule has 22 heavy (non-hydrogen) atoms. The van der Waals surface area contributed by atoms with Crippen molar-refractivity contribution in [2.75, 3.05) is 13.1 Å². The second kappa shape index (κ2) is 6.77. The third kappa shape index (κ3) is 4.80. The summed E-state index contributed by atoms with van der Waals surface area (Å²) in [7, 11) is 0. The van der Waals surface area contributed by atoms with Crippen LogP contribution in [0.15, 0.2) is 6.07 Å². The number of carbonyl (C=O) groups is 1. The molecular formula is C15H21ClFN3O2. The van der Waals surface area contributed by atoms with Crippen molar-refractivity contribution in [3.63, 3.8) is 0 Å². The standard InChI is InChI=1S/C15H21ClFN3O2/c1-15(2,3)22-14(21)20-6-4-10(5-7-20)8-11-9-12(17)18-19-13(11)16/h9-10H,4-8H2,1-3H3. The van der Waals surface area contributed by atoms with Crippen LogP contribution in [0.1, 0.15) is 39.2 Å². The monoisotopic (exact) mass is 329 g/mol. The van der Waals surface area contributed by atoms with E-state index in [9.17, 15) is 9.18 Å². The van der Waals surface area contributed by atoms with Gasteiger partial charge in [0.2, 0.25) is 5.95 Å². The largest absolute Gasteiger partial charge is 0.444 e. The Morgan fingerprint density at radius 2 is 2.05 bits per heavy atom. The Kier molecular flexibility index (Phi) is 5.21. The van der Waals surface area contributed by atoms with Crippen LogP contribution in [-0.4, -0.2) is 39.9 Å². The van der Waals surface area contributed by atoms with E-state index >= 15 is 0 Å². The predicted octanol–water partition coefficient (Wildman–Crippen LogP) is 3.46. The first-order valence-corrected chi connectivity index (χ1v) is 7.78. The Morgan fingerprint density at radius 3 is 2.64 bits per heavy atom. The summed E-state index contributed by atoms with van der Waals surface area (Å²) in [4.78, 5) is 13.7. The lowest BCUT2D eigenvalue weighted by Gasteiger charge is -2.33. The molecule has 0 aromatic carbocycles. The van der Waals surface area contributed by atoms with Gasteiger partial charge in [-0.15, -0.1) is 10.2 Å². The van der Waals surface area contributed by atoms with E-state index in [4.69, 9.17) is 16.3 Å². The van der Waals surface area contributed by atoms with Gasteiger partial charge in [0, 0.05) is 19.2 Å². The zero-order chi connectivity index (χ0) is 16.3. The Morgan fingerprint density at radius 1 is 1.41 bits per heavy atom. The zero-order valence-corrected chi connectivity index (χ0v) is 13.9. The first kappa shape index (κ1) is 16.9. The predicted molar refractivity (Wildman–Crippen MR) is 81.2 cm³/mol. The van der Waals surface area contributed by atoms with E-state index in [-0.39, 0.29) is 11.2 Å². The summed E-state index contributed by atoms with van der Waals surface area (Å²) in [5.74, 6) is -0.273. The first-order chi connectivity index (χ1) is 10.2. The lowest BCUT2D eigenvalue weighted by atomic mass is 9.91. The molecule has 122 valence electrons. The van der Waals surface area contributed by atoms with E-state index in [1.54, 1.807) is 4.90 Å². The number of halogens is 2. The van der Waals surface area contributed by atoms with Crippen molar-refractivity contribution in [3.05, 3.63) is 22.7 Å². The highest BCUT2D eigenvalue weighted by Crippen LogP contribution is 2.25. The molecule has 2 rings (SSSR count). The minimum absolute atomic E-state index is 0.246. The molecule has 0 aliphatic carbocycles. The minimum atomic E-state index is -0.620. The maximum Gasteiger partial charge on any atom is 0.410 e. The normalized spacial score (nSPS) is 16.7. The summed E-state index contributed by atoms with van der Waals surface area (Å²) in [6, 6.07) is 1.33. The van der Waals surface area contributed by atoms with Crippen molar-refractivity contribution in [1.29, 1.82) is 0 Å². The molecule has 7 heteroatoms. The third-order valence-electron chi connectivity index (χ3n) is 3.57. The Bertz CT molecular complexity index is 540. The van der Waals surface area contributed by atoms with Crippen LogP contribution < -0.4 is 0 Å². The van der Waals surface area contributed by atoms with Crippen LogP contribution in [0.3, 0.4) is 0 Å². The van der Waals surface area contributed by atoms with Crippen molar-refractivity contribution in [3.8, 4) is 0 Å². The lowest BCUT2D eigenvalue weighted by Crippen LogP contribution is -2.42. The molecule has 0 atom stereocenters. The van der Waals surface area contributed by atoms with Crippen LogP contribution in [0.2, 0.25) is 5.15 Å². The fourth-order valence-electron chi connectivity index (χ4n) is 2.49. The van der Waals surface area contributed by atoms with Gasteiger partial charge in [-0.25, -0.2) is 4.79 Å². The molecule has 1 aromatic heterocycles. The summed E-state index contributed by atoms with van der Waals surface area (Å²) in [5.41, 5.74) is 0.187. The number of piperidine rings is 1. The van der Waals surface area contributed by atoms with Gasteiger partial charge in [0.15, 0.2) is 5.15 Å². The van der Waals surface area contributed by atoms with E-state index in [0.717, 1.165) is 12.8 Å². The molecular weight excluding hydrogens is 309 g/mol. The summed E-state index contributed by atoms with van der Waals surface area (Å²) in [5, 5.41) is 7.11. The van der Waals surface area contributed by atoms with E-state index in [1.807, 2.05) is 20.8 Å². The summed E-state index contributed by atoms with van der Waals surface area (Å²) >= 11 is 5.94. The van der Waals surface area contributed by atoms with Crippen molar-refractivity contribution < 1.29 is 13.9 Å². The molecule has 0 radical (unpaired) electrons. The van der Waals surface area contributed by atoms with Gasteiger partial charge in [-0.2, -0.15) is 4.39 Å². The van der Waals surface area contributed by atoms with Crippen LogP contribution in [0.5, 0.6) is 0 Å². The highest BCUT2D eigenvalue weighted by molar-refractivity contribution is 6.30. The number of rotatable bonds is 2. The average molecular weight is 330 g/mol. The quantitative estimate of drug-likeness (QED) is 0.833. The van der Waals surface area contributed by atoms with Gasteiger partial charge in [0.25, 0.3) is 0 Å². The number of ether oxygens (including phenoxy) is 1. The van der Waals surface area contributed by atoms with Gasteiger partial charge in [0.1, 0.15) is 5.60 Å². The highest BCUT2D eigenvalue weighted by atomic mass is 35.5. The molecule has 1 aliphatic rings. The molecule has 5 nitrogen and oxygen atoms in total. The fourth-order valence-corrected chi connectivity index (χ4v) is 2.66. The van der Waals surface area contributed by atoms with Crippen LogP contribution in [0, 0.1) is 11.9 Å². The van der Waals surface area contributed by atoms with Gasteiger partial charge in [-0.1, -0.05) is 11.6 Å². The number of hydrogen-bond acceptors (Lipinski definition) is 4. The number of hydrogen-bond donors (Lipinski definition) is 0. The molecule has 1 fully saturated rings. The van der Waals surface area contributed by atoms with E-state index in [1.165, 1.54) is 6.07 Å². The van der Waals surface area contributed by atoms with Crippen molar-refractivity contribution in [1.82, 2.24) is 15.1 Å². The average Bonchev–Trinajstić information content (AvgIpc) is 2.42. The molecule has 0 bridgehead atoms. The topological polar surface area (TPSA) is 55.3 Å². The maximum atomic E-state index is 13.1. The first-order valence-electron chi connectivity index (χ1n) is 7.40. The molecule has 1 saturated heterocycles. The minimum Gasteiger partial charge on any atom is -0.444 e. The molecule has 0 N–H and O–H groups in total. The van der Waals surface area contributed by atoms with Crippen LogP contribution >= 0.6 is 11.6 Å². The molecule has 1 aliphatic heterocycles. The summed E-state index contributed by atoms with van der Waals surface area (Å²) in [6.07, 6.45) is 2.03. The number of nitrogens with zero attached hydrogens (tertiary/aromatic N) is 3. The summed E-state index contributed by atoms with van der Waals surface area (Å²) < 4.78 is 18.5. The van der Waals surface area contributed by atoms with E-state index in [2.05, 4.69) is 10.2 Å². The third-order valence-corrected chi connectivity index (χ3v) is 3.88. The Hall–Kier alpha value is -1.43. The number of carbonyl (C=O) groups excluding carboxylic acids is 1. The molecule has 1 amide bonds. The van der Waals surface area contributed by atoms with Gasteiger partial charge in [-0.05, 0) is 51.5 Å². The number of likely N-dealkylation sites (tertiary alicyclic amines) is 1. The van der Waals surface area contributed by atoms with Crippen LogP contribution in [0.4, 0.5) is 9.18 Å². The van der Waals surface area contributed by atoms with Gasteiger partial charge in [-0.3, -0.25) is 0 Å². The van der Waals surface area contributed by atoms with Crippen LogP contribution in [-0.2, 0) is 11.2 Å². The SMILES string of the molecule is CC(C)(C)OC(=O)N1CCC(Cc2cc(F)nnc2Cl)CC1. The van der Waals surface area contributed by atoms with Crippen molar-refractivity contribution in [2.24, 2.45) is 5.92 Å². The molecule has 0 saturated carbocycles. The van der Waals surface area contributed by atoms with Crippen molar-refractivity contribution in [2.45, 2.75) is 45.6 Å². The fraction of sp³-hybridized carbons (Fsp3) is 0.667. The molecule has 0 unspecified atom stereocenters. The smallest absolute Gasteiger partial charge is 0.410 e. The Balaban J connectivity index is 1.87. The molecule has 1 aromatic rings. The Labute approximate surface area is 134 Å². The number of amides is 1. The lowest BCUT2D eigenvalue weighted by molar-refractivity contribution is 0.0184. The van der Waals surface area contributed by atoms with Gasteiger partial charge in [0.05, 0.1) is 0 Å². The van der Waals surface area contributed by atoms with Crippen molar-refractivity contribution >= 4 is 17.7 Å². The second-order valence-electron chi connectivity index (χ2n) is 6.60. The van der Waals surface area contributed by atoms with E-state index in [0.29, 0.717) is 31.0 Å².